The van der Waals surface area contributed by atoms with Crippen LogP contribution in [0.2, 0.25) is 0 Å². The minimum atomic E-state index is -0.983. The molecule has 0 unspecified atom stereocenters. The van der Waals surface area contributed by atoms with E-state index in [4.69, 9.17) is 5.11 Å². The van der Waals surface area contributed by atoms with Gasteiger partial charge in [-0.1, -0.05) is 18.2 Å². The van der Waals surface area contributed by atoms with Crippen molar-refractivity contribution in [1.29, 1.82) is 0 Å². The van der Waals surface area contributed by atoms with E-state index >= 15 is 0 Å². The molecule has 2 aliphatic rings. The topological polar surface area (TPSA) is 57.6 Å². The van der Waals surface area contributed by atoms with Crippen LogP contribution in [0.3, 0.4) is 0 Å². The van der Waals surface area contributed by atoms with Gasteiger partial charge in [-0.15, -0.1) is 0 Å². The Kier molecular flexibility index (Phi) is 2.85. The fraction of sp³-hybridized carbons (Fsp3) is 0.333. The molecular formula is C15H15NO3. The second-order valence-corrected chi connectivity index (χ2v) is 5.01. The number of aryl methyl sites for hydroxylation is 2. The number of carboxylic acids is 1. The predicted octanol–water partition coefficient (Wildman–Crippen LogP) is 1.64. The molecule has 1 N–H and O–H groups in total. The molecule has 0 radical (unpaired) electrons. The summed E-state index contributed by atoms with van der Waals surface area (Å²) in [5.41, 5.74) is 3.13. The molecule has 4 nitrogen and oxygen atoms in total. The van der Waals surface area contributed by atoms with E-state index in [2.05, 4.69) is 0 Å². The van der Waals surface area contributed by atoms with Crippen molar-refractivity contribution in [2.75, 3.05) is 6.54 Å². The Hall–Kier alpha value is -2.10. The molecule has 1 aliphatic carbocycles. The van der Waals surface area contributed by atoms with Gasteiger partial charge in [0.15, 0.2) is 0 Å². The largest absolute Gasteiger partial charge is 0.479 e. The quantitative estimate of drug-likeness (QED) is 0.819. The zero-order chi connectivity index (χ0) is 13.4. The number of fused-ring (bicyclic) bond motifs is 1. The number of carboxylic acid groups (broad SMARTS) is 1. The summed E-state index contributed by atoms with van der Waals surface area (Å²) < 4.78 is 0. The van der Waals surface area contributed by atoms with Gasteiger partial charge in [-0.05, 0) is 42.5 Å². The van der Waals surface area contributed by atoms with E-state index in [0.29, 0.717) is 12.1 Å². The molecule has 98 valence electrons. The monoisotopic (exact) mass is 257 g/mol. The van der Waals surface area contributed by atoms with Crippen molar-refractivity contribution in [3.8, 4) is 0 Å². The maximum absolute atomic E-state index is 12.4. The number of hydrogen-bond acceptors (Lipinski definition) is 2. The number of aliphatic carboxylic acids is 1. The molecule has 4 heteroatoms. The van der Waals surface area contributed by atoms with Crippen LogP contribution in [-0.2, 0) is 17.6 Å². The van der Waals surface area contributed by atoms with Crippen molar-refractivity contribution in [2.24, 2.45) is 0 Å². The van der Waals surface area contributed by atoms with Crippen LogP contribution in [0.5, 0.6) is 0 Å². The van der Waals surface area contributed by atoms with Gasteiger partial charge in [-0.3, -0.25) is 4.79 Å². The summed E-state index contributed by atoms with van der Waals surface area (Å²) >= 11 is 0. The summed E-state index contributed by atoms with van der Waals surface area (Å²) in [5.74, 6) is -1.18. The highest BCUT2D eigenvalue weighted by atomic mass is 16.4. The van der Waals surface area contributed by atoms with Gasteiger partial charge < -0.3 is 10.0 Å². The van der Waals surface area contributed by atoms with Gasteiger partial charge in [0.2, 0.25) is 0 Å². The van der Waals surface area contributed by atoms with E-state index in [1.54, 1.807) is 12.2 Å². The van der Waals surface area contributed by atoms with Crippen molar-refractivity contribution in [2.45, 2.75) is 25.3 Å². The average molecular weight is 257 g/mol. The number of hydrogen-bond donors (Lipinski definition) is 1. The Morgan fingerprint density at radius 2 is 2.00 bits per heavy atom. The van der Waals surface area contributed by atoms with Crippen LogP contribution in [0.1, 0.15) is 27.9 Å². The minimum absolute atomic E-state index is 0.202. The number of benzene rings is 1. The van der Waals surface area contributed by atoms with Crippen LogP contribution >= 0.6 is 0 Å². The van der Waals surface area contributed by atoms with Crippen molar-refractivity contribution >= 4 is 11.9 Å². The average Bonchev–Trinajstić information content (AvgIpc) is 3.05. The van der Waals surface area contributed by atoms with Gasteiger partial charge in [-0.25, -0.2) is 4.79 Å². The van der Waals surface area contributed by atoms with E-state index in [0.717, 1.165) is 19.3 Å². The van der Waals surface area contributed by atoms with Crippen molar-refractivity contribution in [1.82, 2.24) is 4.90 Å². The Morgan fingerprint density at radius 3 is 2.79 bits per heavy atom. The van der Waals surface area contributed by atoms with Crippen LogP contribution < -0.4 is 0 Å². The first kappa shape index (κ1) is 12.0. The van der Waals surface area contributed by atoms with Crippen LogP contribution in [0.4, 0.5) is 0 Å². The minimum Gasteiger partial charge on any atom is -0.479 e. The summed E-state index contributed by atoms with van der Waals surface area (Å²) in [4.78, 5) is 24.9. The molecular weight excluding hydrogens is 242 g/mol. The molecule has 0 fully saturated rings. The molecule has 1 heterocycles. The van der Waals surface area contributed by atoms with Gasteiger partial charge in [-0.2, -0.15) is 0 Å². The van der Waals surface area contributed by atoms with E-state index in [-0.39, 0.29) is 5.91 Å². The van der Waals surface area contributed by atoms with Crippen molar-refractivity contribution in [3.05, 3.63) is 47.0 Å². The van der Waals surface area contributed by atoms with Crippen molar-refractivity contribution < 1.29 is 14.7 Å². The summed E-state index contributed by atoms with van der Waals surface area (Å²) in [7, 11) is 0. The van der Waals surface area contributed by atoms with E-state index < -0.39 is 12.0 Å². The highest BCUT2D eigenvalue weighted by Crippen LogP contribution is 2.24. The number of amides is 1. The Morgan fingerprint density at radius 1 is 1.21 bits per heavy atom. The molecule has 0 bridgehead atoms. The maximum atomic E-state index is 12.4. The van der Waals surface area contributed by atoms with Crippen LogP contribution in [0.25, 0.3) is 0 Å². The van der Waals surface area contributed by atoms with Gasteiger partial charge in [0, 0.05) is 12.1 Å². The number of nitrogens with zero attached hydrogens (tertiary/aromatic N) is 1. The molecule has 0 saturated carbocycles. The van der Waals surface area contributed by atoms with Gasteiger partial charge in [0.05, 0.1) is 0 Å². The third kappa shape index (κ3) is 2.03. The normalized spacial score (nSPS) is 20.6. The number of rotatable bonds is 2. The SMILES string of the molecule is O=C(O)[C@H]1C=CCN1C(=O)c1ccc2c(c1)CCC2. The molecule has 19 heavy (non-hydrogen) atoms. The third-order valence-corrected chi connectivity index (χ3v) is 3.82. The molecule has 1 atom stereocenters. The standard InChI is InChI=1S/C15H15NO3/c17-14(16-8-2-5-13(16)15(18)19)12-7-6-10-3-1-4-11(10)9-12/h2,5-7,9,13H,1,3-4,8H2,(H,18,19)/t13-/m1/s1. The van der Waals surface area contributed by atoms with Gasteiger partial charge >= 0.3 is 5.97 Å². The molecule has 1 amide bonds. The first-order chi connectivity index (χ1) is 9.16. The Bertz CT molecular complexity index is 577. The summed E-state index contributed by atoms with van der Waals surface area (Å²) in [6.07, 6.45) is 6.51. The Labute approximate surface area is 111 Å². The Balaban J connectivity index is 1.86. The van der Waals surface area contributed by atoms with Gasteiger partial charge in [0.25, 0.3) is 5.91 Å². The fourth-order valence-corrected chi connectivity index (χ4v) is 2.82. The number of carbonyl (C=O) groups excluding carboxylic acids is 1. The number of carbonyl (C=O) groups is 2. The van der Waals surface area contributed by atoms with E-state index in [1.165, 1.54) is 16.0 Å². The lowest BCUT2D eigenvalue weighted by atomic mass is 10.1. The lowest BCUT2D eigenvalue weighted by Gasteiger charge is -2.21. The van der Waals surface area contributed by atoms with Crippen LogP contribution in [-0.4, -0.2) is 34.5 Å². The molecule has 1 aromatic rings. The second kappa shape index (κ2) is 4.53. The third-order valence-electron chi connectivity index (χ3n) is 3.82. The lowest BCUT2D eigenvalue weighted by Crippen LogP contribution is -2.40. The second-order valence-electron chi connectivity index (χ2n) is 5.01. The molecule has 0 spiro atoms. The summed E-state index contributed by atoms with van der Waals surface area (Å²) in [5, 5.41) is 9.09. The van der Waals surface area contributed by atoms with Gasteiger partial charge in [0.1, 0.15) is 6.04 Å². The van der Waals surface area contributed by atoms with Crippen LogP contribution in [0, 0.1) is 0 Å². The smallest absolute Gasteiger partial charge is 0.330 e. The highest BCUT2D eigenvalue weighted by Gasteiger charge is 2.31. The van der Waals surface area contributed by atoms with E-state index in [9.17, 15) is 9.59 Å². The zero-order valence-electron chi connectivity index (χ0n) is 10.5. The molecule has 0 aromatic heterocycles. The van der Waals surface area contributed by atoms with Crippen LogP contribution in [0.15, 0.2) is 30.4 Å². The first-order valence-corrected chi connectivity index (χ1v) is 6.49. The molecule has 1 aromatic carbocycles. The fourth-order valence-electron chi connectivity index (χ4n) is 2.82. The molecule has 0 saturated heterocycles. The van der Waals surface area contributed by atoms with E-state index in [1.807, 2.05) is 18.2 Å². The highest BCUT2D eigenvalue weighted by molar-refractivity contribution is 5.98. The first-order valence-electron chi connectivity index (χ1n) is 6.49. The maximum Gasteiger partial charge on any atom is 0.330 e. The summed E-state index contributed by atoms with van der Waals surface area (Å²) in [6.45, 7) is 0.368. The molecule has 3 rings (SSSR count). The molecule has 1 aliphatic heterocycles. The van der Waals surface area contributed by atoms with Crippen molar-refractivity contribution in [3.63, 3.8) is 0 Å². The lowest BCUT2D eigenvalue weighted by molar-refractivity contribution is -0.140. The zero-order valence-corrected chi connectivity index (χ0v) is 10.5. The summed E-state index contributed by atoms with van der Waals surface area (Å²) in [6, 6.07) is 4.89. The predicted molar refractivity (Wildman–Crippen MR) is 70.1 cm³/mol.